The highest BCUT2D eigenvalue weighted by molar-refractivity contribution is 9.10. The molecule has 0 radical (unpaired) electrons. The zero-order chi connectivity index (χ0) is 14.1. The van der Waals surface area contributed by atoms with Crippen molar-refractivity contribution >= 4 is 21.6 Å². The summed E-state index contributed by atoms with van der Waals surface area (Å²) in [4.78, 5) is 4.92. The normalized spacial score (nSPS) is 24.1. The van der Waals surface area contributed by atoms with E-state index in [9.17, 15) is 0 Å². The Morgan fingerprint density at radius 1 is 1.30 bits per heavy atom. The molecule has 1 heterocycles. The van der Waals surface area contributed by atoms with Crippen molar-refractivity contribution in [2.75, 3.05) is 31.6 Å². The van der Waals surface area contributed by atoms with Gasteiger partial charge in [-0.05, 0) is 44.5 Å². The smallest absolute Gasteiger partial charge is 0.0378 e. The lowest BCUT2D eigenvalue weighted by atomic mass is 10.1. The van der Waals surface area contributed by atoms with Gasteiger partial charge in [-0.3, -0.25) is 0 Å². The maximum Gasteiger partial charge on any atom is 0.0378 e. The van der Waals surface area contributed by atoms with Crippen molar-refractivity contribution in [3.05, 3.63) is 28.2 Å². The molecule has 2 aliphatic rings. The third kappa shape index (κ3) is 3.35. The minimum Gasteiger partial charge on any atom is -0.369 e. The summed E-state index contributed by atoms with van der Waals surface area (Å²) in [7, 11) is 2.21. The van der Waals surface area contributed by atoms with Gasteiger partial charge < -0.3 is 15.1 Å². The Kier molecular flexibility index (Phi) is 4.34. The van der Waals surface area contributed by atoms with Gasteiger partial charge in [0, 0.05) is 48.4 Å². The lowest BCUT2D eigenvalue weighted by molar-refractivity contribution is 0.234. The Hall–Kier alpha value is -0.580. The summed E-state index contributed by atoms with van der Waals surface area (Å²) in [6.07, 6.45) is 2.68. The lowest BCUT2D eigenvalue weighted by Crippen LogP contribution is -2.50. The highest BCUT2D eigenvalue weighted by atomic mass is 79.9. The van der Waals surface area contributed by atoms with Crippen molar-refractivity contribution in [1.29, 1.82) is 0 Å². The van der Waals surface area contributed by atoms with Crippen LogP contribution in [0.1, 0.15) is 25.3 Å². The summed E-state index contributed by atoms with van der Waals surface area (Å²) >= 11 is 3.73. The average molecular weight is 338 g/mol. The van der Waals surface area contributed by atoms with E-state index in [4.69, 9.17) is 0 Å². The molecule has 0 spiro atoms. The van der Waals surface area contributed by atoms with E-state index in [2.05, 4.69) is 63.2 Å². The van der Waals surface area contributed by atoms with Gasteiger partial charge in [0.15, 0.2) is 0 Å². The first-order chi connectivity index (χ1) is 9.63. The standard InChI is InChI=1S/C16H24BrN3/c1-12-11-20(8-7-19(12)2)15-6-3-13(16(17)9-15)10-18-14-4-5-14/h3,6,9,12,14,18H,4-5,7-8,10-11H2,1-2H3. The Labute approximate surface area is 130 Å². The van der Waals surface area contributed by atoms with Gasteiger partial charge in [0.1, 0.15) is 0 Å². The molecule has 1 atom stereocenters. The van der Waals surface area contributed by atoms with E-state index in [-0.39, 0.29) is 0 Å². The van der Waals surface area contributed by atoms with E-state index in [0.717, 1.165) is 32.2 Å². The van der Waals surface area contributed by atoms with Crippen molar-refractivity contribution in [2.24, 2.45) is 0 Å². The third-order valence-corrected chi connectivity index (χ3v) is 5.26. The van der Waals surface area contributed by atoms with Gasteiger partial charge in [0.25, 0.3) is 0 Å². The second-order valence-corrected chi connectivity index (χ2v) is 7.06. The molecule has 3 rings (SSSR count). The summed E-state index contributed by atoms with van der Waals surface area (Å²) in [6.45, 7) is 6.65. The van der Waals surface area contributed by atoms with Crippen LogP contribution in [0.3, 0.4) is 0 Å². The topological polar surface area (TPSA) is 18.5 Å². The van der Waals surface area contributed by atoms with Crippen LogP contribution in [0, 0.1) is 0 Å². The molecule has 2 fully saturated rings. The zero-order valence-electron chi connectivity index (χ0n) is 12.4. The van der Waals surface area contributed by atoms with Crippen LogP contribution in [0.2, 0.25) is 0 Å². The highest BCUT2D eigenvalue weighted by Gasteiger charge is 2.22. The molecule has 1 saturated heterocycles. The summed E-state index contributed by atoms with van der Waals surface area (Å²) < 4.78 is 1.23. The summed E-state index contributed by atoms with van der Waals surface area (Å²) in [5.41, 5.74) is 2.70. The number of piperazine rings is 1. The first-order valence-corrected chi connectivity index (χ1v) is 8.40. The van der Waals surface area contributed by atoms with Gasteiger partial charge in [0.2, 0.25) is 0 Å². The molecule has 0 aromatic heterocycles. The summed E-state index contributed by atoms with van der Waals surface area (Å²) in [5.74, 6) is 0. The molecule has 1 aromatic carbocycles. The monoisotopic (exact) mass is 337 g/mol. The number of rotatable bonds is 4. The van der Waals surface area contributed by atoms with Gasteiger partial charge in [0.05, 0.1) is 0 Å². The number of hydrogen-bond acceptors (Lipinski definition) is 3. The van der Waals surface area contributed by atoms with Crippen LogP contribution < -0.4 is 10.2 Å². The minimum absolute atomic E-state index is 0.624. The number of anilines is 1. The van der Waals surface area contributed by atoms with E-state index in [0.29, 0.717) is 6.04 Å². The fourth-order valence-electron chi connectivity index (χ4n) is 2.70. The van der Waals surface area contributed by atoms with E-state index < -0.39 is 0 Å². The molecule has 1 aromatic rings. The fraction of sp³-hybridized carbons (Fsp3) is 0.625. The quantitative estimate of drug-likeness (QED) is 0.911. The van der Waals surface area contributed by atoms with Crippen molar-refractivity contribution in [3.63, 3.8) is 0 Å². The molecule has 3 nitrogen and oxygen atoms in total. The Balaban J connectivity index is 1.66. The van der Waals surface area contributed by atoms with Crippen LogP contribution in [0.4, 0.5) is 5.69 Å². The number of hydrogen-bond donors (Lipinski definition) is 1. The van der Waals surface area contributed by atoms with Crippen LogP contribution in [0.15, 0.2) is 22.7 Å². The van der Waals surface area contributed by atoms with Crippen molar-refractivity contribution < 1.29 is 0 Å². The van der Waals surface area contributed by atoms with Crippen molar-refractivity contribution in [1.82, 2.24) is 10.2 Å². The van der Waals surface area contributed by atoms with Gasteiger partial charge >= 0.3 is 0 Å². The maximum atomic E-state index is 3.73. The second kappa shape index (κ2) is 6.04. The molecule has 0 amide bonds. The first kappa shape index (κ1) is 14.4. The van der Waals surface area contributed by atoms with Crippen LogP contribution >= 0.6 is 15.9 Å². The lowest BCUT2D eigenvalue weighted by Gasteiger charge is -2.39. The SMILES string of the molecule is CC1CN(c2ccc(CNC3CC3)c(Br)c2)CCN1C. The fourth-order valence-corrected chi connectivity index (χ4v) is 3.21. The van der Waals surface area contributed by atoms with E-state index in [1.54, 1.807) is 0 Å². The molecule has 1 unspecified atom stereocenters. The molecule has 0 bridgehead atoms. The predicted molar refractivity (Wildman–Crippen MR) is 88.3 cm³/mol. The van der Waals surface area contributed by atoms with Gasteiger partial charge in [-0.1, -0.05) is 22.0 Å². The van der Waals surface area contributed by atoms with Crippen LogP contribution in [0.5, 0.6) is 0 Å². The van der Waals surface area contributed by atoms with Gasteiger partial charge in [-0.25, -0.2) is 0 Å². The average Bonchev–Trinajstić information content (AvgIpc) is 3.24. The minimum atomic E-state index is 0.624. The van der Waals surface area contributed by atoms with E-state index >= 15 is 0 Å². The molecule has 1 aliphatic heterocycles. The Morgan fingerprint density at radius 3 is 2.75 bits per heavy atom. The van der Waals surface area contributed by atoms with Gasteiger partial charge in [-0.15, -0.1) is 0 Å². The molecule has 1 saturated carbocycles. The molecule has 1 aliphatic carbocycles. The number of halogens is 1. The van der Waals surface area contributed by atoms with Gasteiger partial charge in [-0.2, -0.15) is 0 Å². The molecule has 110 valence electrons. The van der Waals surface area contributed by atoms with Crippen LogP contribution in [-0.4, -0.2) is 43.7 Å². The number of nitrogens with one attached hydrogen (secondary N) is 1. The zero-order valence-corrected chi connectivity index (χ0v) is 14.0. The largest absolute Gasteiger partial charge is 0.369 e. The number of likely N-dealkylation sites (N-methyl/N-ethyl adjacent to an activating group) is 1. The Morgan fingerprint density at radius 2 is 2.10 bits per heavy atom. The van der Waals surface area contributed by atoms with Crippen molar-refractivity contribution in [2.45, 2.75) is 38.4 Å². The summed E-state index contributed by atoms with van der Waals surface area (Å²) in [6, 6.07) is 8.20. The van der Waals surface area contributed by atoms with E-state index in [1.807, 2.05) is 0 Å². The maximum absolute atomic E-state index is 3.73. The molecular formula is C16H24BrN3. The number of benzene rings is 1. The summed E-state index contributed by atoms with van der Waals surface area (Å²) in [5, 5.41) is 3.58. The second-order valence-electron chi connectivity index (χ2n) is 6.21. The van der Waals surface area contributed by atoms with Crippen LogP contribution in [0.25, 0.3) is 0 Å². The molecule has 4 heteroatoms. The Bertz CT molecular complexity index is 473. The van der Waals surface area contributed by atoms with Crippen molar-refractivity contribution in [3.8, 4) is 0 Å². The highest BCUT2D eigenvalue weighted by Crippen LogP contribution is 2.27. The number of nitrogens with zero attached hydrogens (tertiary/aromatic N) is 2. The predicted octanol–water partition coefficient (Wildman–Crippen LogP) is 2.84. The van der Waals surface area contributed by atoms with Crippen LogP contribution in [-0.2, 0) is 6.54 Å². The first-order valence-electron chi connectivity index (χ1n) is 7.60. The molecule has 20 heavy (non-hydrogen) atoms. The van der Waals surface area contributed by atoms with E-state index in [1.165, 1.54) is 28.6 Å². The molecular weight excluding hydrogens is 314 g/mol. The third-order valence-electron chi connectivity index (χ3n) is 4.52. The molecule has 1 N–H and O–H groups in total.